The topological polar surface area (TPSA) is 57.5 Å². The summed E-state index contributed by atoms with van der Waals surface area (Å²) in [6.45, 7) is 3.91. The zero-order valence-corrected chi connectivity index (χ0v) is 9.18. The average Bonchev–Trinajstić information content (AvgIpc) is 2.18. The SMILES string of the molecule is CC(C)CC(=O)O.OCc1ccccc1. The van der Waals surface area contributed by atoms with Gasteiger partial charge in [0.1, 0.15) is 0 Å². The quantitative estimate of drug-likeness (QED) is 0.804. The third-order valence-electron chi connectivity index (χ3n) is 1.61. The number of rotatable bonds is 3. The van der Waals surface area contributed by atoms with Crippen LogP contribution in [0, 0.1) is 5.92 Å². The molecule has 0 fully saturated rings. The number of hydrogen-bond acceptors (Lipinski definition) is 2. The van der Waals surface area contributed by atoms with Crippen LogP contribution in [-0.4, -0.2) is 16.2 Å². The summed E-state index contributed by atoms with van der Waals surface area (Å²) in [7, 11) is 0. The smallest absolute Gasteiger partial charge is 0.303 e. The summed E-state index contributed by atoms with van der Waals surface area (Å²) in [5.74, 6) is -0.438. The van der Waals surface area contributed by atoms with Gasteiger partial charge in [0.25, 0.3) is 0 Å². The van der Waals surface area contributed by atoms with Gasteiger partial charge < -0.3 is 10.2 Å². The van der Waals surface area contributed by atoms with Crippen LogP contribution in [0.5, 0.6) is 0 Å². The molecule has 1 aromatic rings. The van der Waals surface area contributed by atoms with Gasteiger partial charge in [-0.15, -0.1) is 0 Å². The van der Waals surface area contributed by atoms with E-state index >= 15 is 0 Å². The fourth-order valence-corrected chi connectivity index (χ4v) is 0.933. The van der Waals surface area contributed by atoms with Crippen molar-refractivity contribution in [2.75, 3.05) is 0 Å². The molecule has 0 unspecified atom stereocenters. The standard InChI is InChI=1S/C7H8O.C5H10O2/c8-6-7-4-2-1-3-5-7;1-4(2)3-5(6)7/h1-5,8H,6H2;4H,3H2,1-2H3,(H,6,7). The number of benzene rings is 1. The van der Waals surface area contributed by atoms with Crippen molar-refractivity contribution in [1.29, 1.82) is 0 Å². The lowest BCUT2D eigenvalue weighted by Gasteiger charge is -1.94. The third kappa shape index (κ3) is 8.97. The molecule has 0 saturated heterocycles. The molecule has 0 heterocycles. The first-order valence-electron chi connectivity index (χ1n) is 4.92. The van der Waals surface area contributed by atoms with E-state index < -0.39 is 5.97 Å². The Bertz CT molecular complexity index is 267. The zero-order chi connectivity index (χ0) is 11.7. The molecule has 1 aromatic carbocycles. The van der Waals surface area contributed by atoms with E-state index in [4.69, 9.17) is 10.2 Å². The second kappa shape index (κ2) is 8.00. The molecule has 0 saturated carbocycles. The lowest BCUT2D eigenvalue weighted by molar-refractivity contribution is -0.137. The van der Waals surface area contributed by atoms with Crippen LogP contribution in [0.1, 0.15) is 25.8 Å². The Morgan fingerprint density at radius 3 is 2.00 bits per heavy atom. The van der Waals surface area contributed by atoms with Crippen molar-refractivity contribution < 1.29 is 15.0 Å². The molecule has 0 aliphatic heterocycles. The van der Waals surface area contributed by atoms with Gasteiger partial charge >= 0.3 is 5.97 Å². The van der Waals surface area contributed by atoms with E-state index in [-0.39, 0.29) is 18.9 Å². The van der Waals surface area contributed by atoms with Gasteiger partial charge in [-0.05, 0) is 11.5 Å². The van der Waals surface area contributed by atoms with Crippen molar-refractivity contribution in [2.45, 2.75) is 26.9 Å². The molecule has 0 aromatic heterocycles. The number of hydrogen-bond donors (Lipinski definition) is 2. The number of carbonyl (C=O) groups is 1. The Hall–Kier alpha value is -1.35. The van der Waals surface area contributed by atoms with Crippen molar-refractivity contribution in [3.8, 4) is 0 Å². The minimum absolute atomic E-state index is 0.140. The summed E-state index contributed by atoms with van der Waals surface area (Å²) in [6.07, 6.45) is 0.278. The average molecular weight is 210 g/mol. The number of carboxylic acid groups (broad SMARTS) is 1. The molecule has 0 spiro atoms. The maximum absolute atomic E-state index is 9.81. The molecular weight excluding hydrogens is 192 g/mol. The predicted octanol–water partition coefficient (Wildman–Crippen LogP) is 2.30. The van der Waals surface area contributed by atoms with Crippen LogP contribution < -0.4 is 0 Å². The molecule has 3 heteroatoms. The zero-order valence-electron chi connectivity index (χ0n) is 9.18. The molecule has 0 aliphatic carbocycles. The van der Waals surface area contributed by atoms with Crippen LogP contribution in [0.3, 0.4) is 0 Å². The summed E-state index contributed by atoms with van der Waals surface area (Å²) in [5.41, 5.74) is 0.965. The third-order valence-corrected chi connectivity index (χ3v) is 1.61. The van der Waals surface area contributed by atoms with Gasteiger partial charge in [0.2, 0.25) is 0 Å². The van der Waals surface area contributed by atoms with Crippen LogP contribution in [0.25, 0.3) is 0 Å². The first-order valence-corrected chi connectivity index (χ1v) is 4.92. The Morgan fingerprint density at radius 2 is 1.80 bits per heavy atom. The Labute approximate surface area is 90.4 Å². The molecule has 0 amide bonds. The van der Waals surface area contributed by atoms with E-state index in [0.29, 0.717) is 0 Å². The van der Waals surface area contributed by atoms with Gasteiger partial charge in [-0.2, -0.15) is 0 Å². The van der Waals surface area contributed by atoms with Crippen molar-refractivity contribution in [2.24, 2.45) is 5.92 Å². The van der Waals surface area contributed by atoms with Crippen molar-refractivity contribution in [3.05, 3.63) is 35.9 Å². The summed E-state index contributed by atoms with van der Waals surface area (Å²) >= 11 is 0. The normalized spacial score (nSPS) is 9.33. The van der Waals surface area contributed by atoms with E-state index in [1.165, 1.54) is 0 Å². The van der Waals surface area contributed by atoms with Crippen LogP contribution in [0.2, 0.25) is 0 Å². The van der Waals surface area contributed by atoms with Gasteiger partial charge in [-0.25, -0.2) is 0 Å². The molecule has 15 heavy (non-hydrogen) atoms. The second-order valence-electron chi connectivity index (χ2n) is 3.64. The van der Waals surface area contributed by atoms with Gasteiger partial charge in [-0.3, -0.25) is 4.79 Å². The highest BCUT2D eigenvalue weighted by atomic mass is 16.4. The fourth-order valence-electron chi connectivity index (χ4n) is 0.933. The maximum Gasteiger partial charge on any atom is 0.303 e. The van der Waals surface area contributed by atoms with E-state index in [1.807, 2.05) is 44.2 Å². The molecule has 0 bridgehead atoms. The van der Waals surface area contributed by atoms with E-state index in [1.54, 1.807) is 0 Å². The molecule has 84 valence electrons. The summed E-state index contributed by atoms with van der Waals surface area (Å²) in [4.78, 5) is 9.81. The molecule has 0 radical (unpaired) electrons. The molecule has 3 nitrogen and oxygen atoms in total. The minimum Gasteiger partial charge on any atom is -0.481 e. The summed E-state index contributed by atoms with van der Waals surface area (Å²) < 4.78 is 0. The molecule has 0 atom stereocenters. The predicted molar refractivity (Wildman–Crippen MR) is 59.5 cm³/mol. The van der Waals surface area contributed by atoms with E-state index in [2.05, 4.69) is 0 Å². The molecular formula is C12H18O3. The van der Waals surface area contributed by atoms with Crippen molar-refractivity contribution in [3.63, 3.8) is 0 Å². The van der Waals surface area contributed by atoms with E-state index in [9.17, 15) is 4.79 Å². The number of carboxylic acids is 1. The molecule has 2 N–H and O–H groups in total. The van der Waals surface area contributed by atoms with Crippen molar-refractivity contribution in [1.82, 2.24) is 0 Å². The van der Waals surface area contributed by atoms with Gasteiger partial charge in [0, 0.05) is 6.42 Å². The highest BCUT2D eigenvalue weighted by Crippen LogP contribution is 1.96. The molecule has 0 aliphatic rings. The summed E-state index contributed by atoms with van der Waals surface area (Å²) in [5, 5.41) is 16.6. The van der Waals surface area contributed by atoms with Crippen LogP contribution in [0.15, 0.2) is 30.3 Å². The number of aliphatic hydroxyl groups is 1. The van der Waals surface area contributed by atoms with Crippen LogP contribution in [-0.2, 0) is 11.4 Å². The Kier molecular flexibility index (Phi) is 7.28. The van der Waals surface area contributed by atoms with Crippen molar-refractivity contribution >= 4 is 5.97 Å². The minimum atomic E-state index is -0.713. The number of aliphatic hydroxyl groups excluding tert-OH is 1. The van der Waals surface area contributed by atoms with Crippen LogP contribution >= 0.6 is 0 Å². The Morgan fingerprint density at radius 1 is 1.27 bits per heavy atom. The Balaban J connectivity index is 0.000000265. The lowest BCUT2D eigenvalue weighted by atomic mass is 10.1. The summed E-state index contributed by atoms with van der Waals surface area (Å²) in [6, 6.07) is 9.52. The fraction of sp³-hybridized carbons (Fsp3) is 0.417. The highest BCUT2D eigenvalue weighted by Gasteiger charge is 1.98. The van der Waals surface area contributed by atoms with Crippen LogP contribution in [0.4, 0.5) is 0 Å². The maximum atomic E-state index is 9.81. The van der Waals surface area contributed by atoms with Gasteiger partial charge in [0.15, 0.2) is 0 Å². The van der Waals surface area contributed by atoms with Gasteiger partial charge in [-0.1, -0.05) is 44.2 Å². The first-order chi connectivity index (χ1) is 7.06. The largest absolute Gasteiger partial charge is 0.481 e. The molecule has 1 rings (SSSR count). The van der Waals surface area contributed by atoms with E-state index in [0.717, 1.165) is 5.56 Å². The van der Waals surface area contributed by atoms with Gasteiger partial charge in [0.05, 0.1) is 6.61 Å². The monoisotopic (exact) mass is 210 g/mol. The lowest BCUT2D eigenvalue weighted by Crippen LogP contribution is -1.99. The number of aliphatic carboxylic acids is 1. The first kappa shape index (κ1) is 13.7. The second-order valence-corrected chi connectivity index (χ2v) is 3.64. The highest BCUT2D eigenvalue weighted by molar-refractivity contribution is 5.66.